The summed E-state index contributed by atoms with van der Waals surface area (Å²) in [7, 11) is 0. The molecule has 0 heterocycles. The molecule has 0 atom stereocenters. The highest BCUT2D eigenvalue weighted by Crippen LogP contribution is 2.35. The molecule has 16 heavy (non-hydrogen) atoms. The van der Waals surface area contributed by atoms with Crippen LogP contribution in [0.5, 0.6) is 11.5 Å². The molecule has 0 unspecified atom stereocenters. The fourth-order valence-electron chi connectivity index (χ4n) is 1.55. The second-order valence-electron chi connectivity index (χ2n) is 3.41. The Kier molecular flexibility index (Phi) is 5.09. The lowest BCUT2D eigenvalue weighted by Crippen LogP contribution is -2.06. The molecule has 0 spiro atoms. The molecular formula is C13H18FO2. The maximum atomic E-state index is 12.8. The lowest BCUT2D eigenvalue weighted by molar-refractivity contribution is 0.316. The topological polar surface area (TPSA) is 18.5 Å². The third-order valence-electron chi connectivity index (χ3n) is 2.21. The molecule has 0 N–H and O–H groups in total. The number of ether oxygens (including phenoxy) is 2. The summed E-state index contributed by atoms with van der Waals surface area (Å²) in [6.45, 7) is 6.18. The highest BCUT2D eigenvalue weighted by atomic mass is 19.1. The van der Waals surface area contributed by atoms with Crippen LogP contribution in [-0.4, -0.2) is 19.9 Å². The van der Waals surface area contributed by atoms with Crippen LogP contribution >= 0.6 is 0 Å². The third-order valence-corrected chi connectivity index (χ3v) is 2.21. The molecular weight excluding hydrogens is 207 g/mol. The van der Waals surface area contributed by atoms with E-state index in [1.807, 2.05) is 32.0 Å². The van der Waals surface area contributed by atoms with Gasteiger partial charge < -0.3 is 9.47 Å². The predicted molar refractivity (Wildman–Crippen MR) is 62.8 cm³/mol. The van der Waals surface area contributed by atoms with Crippen molar-refractivity contribution in [3.05, 3.63) is 29.7 Å². The fourth-order valence-corrected chi connectivity index (χ4v) is 1.55. The Labute approximate surface area is 96.4 Å². The van der Waals surface area contributed by atoms with Gasteiger partial charge in [-0.3, -0.25) is 4.39 Å². The molecule has 1 rings (SSSR count). The second-order valence-corrected chi connectivity index (χ2v) is 3.41. The van der Waals surface area contributed by atoms with E-state index in [9.17, 15) is 4.39 Å². The van der Waals surface area contributed by atoms with Crippen molar-refractivity contribution in [1.29, 1.82) is 0 Å². The Morgan fingerprint density at radius 1 is 1.12 bits per heavy atom. The van der Waals surface area contributed by atoms with E-state index in [1.165, 1.54) is 0 Å². The van der Waals surface area contributed by atoms with Gasteiger partial charge in [-0.05, 0) is 26.0 Å². The van der Waals surface area contributed by atoms with Crippen molar-refractivity contribution in [2.24, 2.45) is 0 Å². The fraction of sp³-hybridized carbons (Fsp3) is 0.462. The van der Waals surface area contributed by atoms with E-state index in [0.717, 1.165) is 5.56 Å². The molecule has 1 aromatic carbocycles. The molecule has 1 aromatic rings. The van der Waals surface area contributed by atoms with Crippen molar-refractivity contribution in [3.63, 3.8) is 0 Å². The van der Waals surface area contributed by atoms with Crippen molar-refractivity contribution in [3.8, 4) is 11.5 Å². The van der Waals surface area contributed by atoms with Gasteiger partial charge in [-0.15, -0.1) is 0 Å². The molecule has 2 nitrogen and oxygen atoms in total. The molecule has 0 bridgehead atoms. The van der Waals surface area contributed by atoms with Gasteiger partial charge in [-0.2, -0.15) is 0 Å². The van der Waals surface area contributed by atoms with Crippen molar-refractivity contribution < 1.29 is 13.9 Å². The summed E-state index contributed by atoms with van der Waals surface area (Å²) in [6.07, 6.45) is 0. The second kappa shape index (κ2) is 6.36. The Hall–Kier alpha value is -1.25. The van der Waals surface area contributed by atoms with E-state index in [-0.39, 0.29) is 0 Å². The Balaban J connectivity index is 3.11. The number of benzene rings is 1. The van der Waals surface area contributed by atoms with Crippen LogP contribution in [0.4, 0.5) is 4.39 Å². The molecule has 1 radical (unpaired) electrons. The zero-order chi connectivity index (χ0) is 12.0. The van der Waals surface area contributed by atoms with E-state index >= 15 is 0 Å². The smallest absolute Gasteiger partial charge is 0.126 e. The standard InChI is InChI=1S/C13H18FO2/c1-4-15-11-7-6-8-12(16-5-2)13(11)10(3)9-14/h6-8H,4-5,9H2,1-3H3. The maximum Gasteiger partial charge on any atom is 0.126 e. The first-order valence-corrected chi connectivity index (χ1v) is 5.51. The average Bonchev–Trinajstić information content (AvgIpc) is 2.29. The first-order valence-electron chi connectivity index (χ1n) is 5.51. The van der Waals surface area contributed by atoms with Crippen LogP contribution < -0.4 is 9.47 Å². The molecule has 0 aliphatic carbocycles. The molecule has 0 aliphatic rings. The van der Waals surface area contributed by atoms with E-state index < -0.39 is 6.67 Å². The predicted octanol–water partition coefficient (Wildman–Crippen LogP) is 3.40. The van der Waals surface area contributed by atoms with Gasteiger partial charge >= 0.3 is 0 Å². The zero-order valence-corrected chi connectivity index (χ0v) is 10.0. The summed E-state index contributed by atoms with van der Waals surface area (Å²) in [5.74, 6) is 2.00. The molecule has 0 aliphatic heterocycles. The number of rotatable bonds is 6. The Morgan fingerprint density at radius 3 is 2.00 bits per heavy atom. The van der Waals surface area contributed by atoms with Gasteiger partial charge in [0.25, 0.3) is 0 Å². The van der Waals surface area contributed by atoms with E-state index in [2.05, 4.69) is 0 Å². The van der Waals surface area contributed by atoms with Crippen LogP contribution in [0.3, 0.4) is 0 Å². The molecule has 0 saturated heterocycles. The quantitative estimate of drug-likeness (QED) is 0.738. The average molecular weight is 225 g/mol. The van der Waals surface area contributed by atoms with Gasteiger partial charge in [0.2, 0.25) is 0 Å². The van der Waals surface area contributed by atoms with Crippen LogP contribution in [0.1, 0.15) is 26.3 Å². The van der Waals surface area contributed by atoms with Crippen molar-refractivity contribution >= 4 is 0 Å². The molecule has 0 amide bonds. The van der Waals surface area contributed by atoms with Crippen LogP contribution in [0.25, 0.3) is 0 Å². The van der Waals surface area contributed by atoms with Gasteiger partial charge in [0.05, 0.1) is 13.2 Å². The zero-order valence-electron chi connectivity index (χ0n) is 10.0. The Morgan fingerprint density at radius 2 is 1.62 bits per heavy atom. The first-order chi connectivity index (χ1) is 7.74. The lowest BCUT2D eigenvalue weighted by Gasteiger charge is -2.17. The van der Waals surface area contributed by atoms with Crippen LogP contribution in [0.2, 0.25) is 0 Å². The first kappa shape index (κ1) is 12.8. The van der Waals surface area contributed by atoms with E-state index in [0.29, 0.717) is 30.6 Å². The van der Waals surface area contributed by atoms with Gasteiger partial charge in [-0.25, -0.2) is 0 Å². The number of halogens is 1. The third kappa shape index (κ3) is 2.87. The normalized spacial score (nSPS) is 10.6. The highest BCUT2D eigenvalue weighted by molar-refractivity contribution is 5.52. The number of alkyl halides is 1. The summed E-state index contributed by atoms with van der Waals surface area (Å²) in [5.41, 5.74) is 0.744. The number of hydrogen-bond acceptors (Lipinski definition) is 2. The number of hydrogen-bond donors (Lipinski definition) is 0. The molecule has 0 saturated carbocycles. The van der Waals surface area contributed by atoms with Gasteiger partial charge in [0.15, 0.2) is 0 Å². The summed E-state index contributed by atoms with van der Waals surface area (Å²) in [6, 6.07) is 5.52. The van der Waals surface area contributed by atoms with Gasteiger partial charge in [0.1, 0.15) is 18.2 Å². The molecule has 0 fully saturated rings. The Bertz CT molecular complexity index is 301. The van der Waals surface area contributed by atoms with Crippen molar-refractivity contribution in [2.45, 2.75) is 20.8 Å². The van der Waals surface area contributed by atoms with E-state index in [1.54, 1.807) is 6.92 Å². The summed E-state index contributed by atoms with van der Waals surface area (Å²) >= 11 is 0. The summed E-state index contributed by atoms with van der Waals surface area (Å²) < 4.78 is 23.7. The maximum absolute atomic E-state index is 12.8. The van der Waals surface area contributed by atoms with Crippen molar-refractivity contribution in [1.82, 2.24) is 0 Å². The minimum Gasteiger partial charge on any atom is -0.493 e. The van der Waals surface area contributed by atoms with Crippen LogP contribution in [0.15, 0.2) is 18.2 Å². The van der Waals surface area contributed by atoms with Crippen LogP contribution in [-0.2, 0) is 0 Å². The minimum absolute atomic E-state index is 0.496. The molecule has 0 aromatic heterocycles. The highest BCUT2D eigenvalue weighted by Gasteiger charge is 2.17. The minimum atomic E-state index is -0.496. The molecule has 89 valence electrons. The van der Waals surface area contributed by atoms with Gasteiger partial charge in [0, 0.05) is 11.5 Å². The van der Waals surface area contributed by atoms with Gasteiger partial charge in [-0.1, -0.05) is 13.0 Å². The van der Waals surface area contributed by atoms with Crippen molar-refractivity contribution in [2.75, 3.05) is 19.9 Å². The lowest BCUT2D eigenvalue weighted by atomic mass is 10.00. The summed E-state index contributed by atoms with van der Waals surface area (Å²) in [4.78, 5) is 0. The summed E-state index contributed by atoms with van der Waals surface area (Å²) in [5, 5.41) is 0. The monoisotopic (exact) mass is 225 g/mol. The molecule has 3 heteroatoms. The largest absolute Gasteiger partial charge is 0.493 e. The van der Waals surface area contributed by atoms with E-state index in [4.69, 9.17) is 9.47 Å². The van der Waals surface area contributed by atoms with Crippen LogP contribution in [0, 0.1) is 5.92 Å². The SMILES string of the molecule is CCOc1cccc(OCC)c1[C](C)CF.